The van der Waals surface area contributed by atoms with Crippen LogP contribution in [0.15, 0.2) is 0 Å². The van der Waals surface area contributed by atoms with Gasteiger partial charge in [0.1, 0.15) is 0 Å². The zero-order chi connectivity index (χ0) is 9.30. The Hall–Kier alpha value is -0.900. The first-order valence-corrected chi connectivity index (χ1v) is 4.04. The summed E-state index contributed by atoms with van der Waals surface area (Å²) in [5.41, 5.74) is 0. The van der Waals surface area contributed by atoms with Gasteiger partial charge in [-0.3, -0.25) is 14.5 Å². The van der Waals surface area contributed by atoms with Crippen LogP contribution in [0.3, 0.4) is 0 Å². The number of carbonyl (C=O) groups excluding carboxylic acids is 2. The van der Waals surface area contributed by atoms with E-state index in [0.717, 1.165) is 4.90 Å². The fourth-order valence-corrected chi connectivity index (χ4v) is 1.35. The van der Waals surface area contributed by atoms with Crippen LogP contribution in [0.5, 0.6) is 0 Å². The highest BCUT2D eigenvalue weighted by atomic mass is 16.3. The Morgan fingerprint density at radius 2 is 2.25 bits per heavy atom. The van der Waals surface area contributed by atoms with Crippen LogP contribution in [0.25, 0.3) is 0 Å². The van der Waals surface area contributed by atoms with Gasteiger partial charge in [-0.25, -0.2) is 0 Å². The monoisotopic (exact) mass is 171 g/mol. The Kier molecular flexibility index (Phi) is 2.47. The zero-order valence-corrected chi connectivity index (χ0v) is 7.28. The number of imide groups is 1. The minimum Gasteiger partial charge on any atom is -0.394 e. The molecule has 1 saturated heterocycles. The average molecular weight is 171 g/mol. The normalized spacial score (nSPS) is 26.6. The number of aliphatic hydroxyl groups excluding tert-OH is 1. The minimum atomic E-state index is -0.380. The van der Waals surface area contributed by atoms with Crippen LogP contribution >= 0.6 is 0 Å². The third-order valence-electron chi connectivity index (χ3n) is 2.11. The van der Waals surface area contributed by atoms with Crippen molar-refractivity contribution < 1.29 is 14.7 Å². The molecule has 0 bridgehead atoms. The van der Waals surface area contributed by atoms with Gasteiger partial charge in [-0.1, -0.05) is 6.92 Å². The third-order valence-corrected chi connectivity index (χ3v) is 2.11. The van der Waals surface area contributed by atoms with Crippen molar-refractivity contribution >= 4 is 11.8 Å². The Morgan fingerprint density at radius 3 is 2.58 bits per heavy atom. The molecule has 0 aromatic carbocycles. The number of likely N-dealkylation sites (tertiary alicyclic amines) is 1. The van der Waals surface area contributed by atoms with E-state index in [-0.39, 0.29) is 36.8 Å². The summed E-state index contributed by atoms with van der Waals surface area (Å²) in [7, 11) is 0. The molecule has 1 unspecified atom stereocenters. The maximum absolute atomic E-state index is 11.3. The summed E-state index contributed by atoms with van der Waals surface area (Å²) in [5.74, 6) is -0.554. The van der Waals surface area contributed by atoms with Crippen molar-refractivity contribution in [1.82, 2.24) is 4.90 Å². The van der Waals surface area contributed by atoms with Gasteiger partial charge in [0.15, 0.2) is 0 Å². The number of aliphatic hydroxyl groups is 1. The molecule has 12 heavy (non-hydrogen) atoms. The Bertz CT molecular complexity index is 214. The topological polar surface area (TPSA) is 57.6 Å². The maximum Gasteiger partial charge on any atom is 0.232 e. The lowest BCUT2D eigenvalue weighted by Crippen LogP contribution is -2.40. The highest BCUT2D eigenvalue weighted by Crippen LogP contribution is 2.20. The predicted molar refractivity (Wildman–Crippen MR) is 42.2 cm³/mol. The zero-order valence-electron chi connectivity index (χ0n) is 7.28. The Labute approximate surface area is 71.2 Å². The fourth-order valence-electron chi connectivity index (χ4n) is 1.35. The van der Waals surface area contributed by atoms with Gasteiger partial charge >= 0.3 is 0 Å². The molecule has 4 nitrogen and oxygen atoms in total. The molecule has 2 amide bonds. The largest absolute Gasteiger partial charge is 0.394 e. The number of hydrogen-bond acceptors (Lipinski definition) is 3. The molecular formula is C8H13NO3. The van der Waals surface area contributed by atoms with Crippen molar-refractivity contribution in [1.29, 1.82) is 0 Å². The summed E-state index contributed by atoms with van der Waals surface area (Å²) in [5, 5.41) is 8.77. The molecule has 1 aliphatic heterocycles. The first-order valence-electron chi connectivity index (χ1n) is 4.04. The number of carbonyl (C=O) groups is 2. The van der Waals surface area contributed by atoms with E-state index in [2.05, 4.69) is 0 Å². The highest BCUT2D eigenvalue weighted by Gasteiger charge is 2.37. The summed E-state index contributed by atoms with van der Waals surface area (Å²) in [6, 6.07) is -0.380. The molecule has 1 aliphatic rings. The molecule has 1 heterocycles. The van der Waals surface area contributed by atoms with Crippen molar-refractivity contribution in [2.24, 2.45) is 5.92 Å². The van der Waals surface area contributed by atoms with Crippen molar-refractivity contribution in [3.05, 3.63) is 0 Å². The van der Waals surface area contributed by atoms with Gasteiger partial charge in [-0.05, 0) is 6.92 Å². The lowest BCUT2D eigenvalue weighted by atomic mass is 10.1. The van der Waals surface area contributed by atoms with Crippen molar-refractivity contribution in [2.75, 3.05) is 6.61 Å². The molecule has 0 radical (unpaired) electrons. The summed E-state index contributed by atoms with van der Waals surface area (Å²) in [6.07, 6.45) is 0.281. The van der Waals surface area contributed by atoms with Crippen LogP contribution in [0.2, 0.25) is 0 Å². The summed E-state index contributed by atoms with van der Waals surface area (Å²) >= 11 is 0. The highest BCUT2D eigenvalue weighted by molar-refractivity contribution is 6.03. The van der Waals surface area contributed by atoms with Crippen LogP contribution in [0.4, 0.5) is 0 Å². The average Bonchev–Trinajstić information content (AvgIpc) is 2.26. The predicted octanol–water partition coefficient (Wildman–Crippen LogP) is -0.238. The SMILES string of the molecule is CC1CC(=O)N([C@H](C)CO)C1=O. The van der Waals surface area contributed by atoms with Crippen LogP contribution in [-0.2, 0) is 9.59 Å². The molecule has 0 spiro atoms. The van der Waals surface area contributed by atoms with Crippen LogP contribution < -0.4 is 0 Å². The van der Waals surface area contributed by atoms with E-state index >= 15 is 0 Å². The first-order chi connectivity index (χ1) is 5.57. The lowest BCUT2D eigenvalue weighted by molar-refractivity contribution is -0.142. The van der Waals surface area contributed by atoms with Crippen LogP contribution in [0, 0.1) is 5.92 Å². The van der Waals surface area contributed by atoms with Gasteiger partial charge in [-0.15, -0.1) is 0 Å². The summed E-state index contributed by atoms with van der Waals surface area (Å²) in [4.78, 5) is 23.7. The molecule has 2 atom stereocenters. The van der Waals surface area contributed by atoms with Gasteiger partial charge < -0.3 is 5.11 Å². The van der Waals surface area contributed by atoms with Gasteiger partial charge in [0, 0.05) is 12.3 Å². The van der Waals surface area contributed by atoms with Gasteiger partial charge in [-0.2, -0.15) is 0 Å². The second kappa shape index (κ2) is 3.23. The molecule has 0 saturated carbocycles. The second-order valence-corrected chi connectivity index (χ2v) is 3.24. The molecule has 68 valence electrons. The van der Waals surface area contributed by atoms with Crippen molar-refractivity contribution in [3.8, 4) is 0 Å². The number of rotatable bonds is 2. The molecule has 1 rings (SSSR count). The van der Waals surface area contributed by atoms with E-state index in [0.29, 0.717) is 0 Å². The summed E-state index contributed by atoms with van der Waals surface area (Å²) < 4.78 is 0. The maximum atomic E-state index is 11.3. The van der Waals surface area contributed by atoms with Gasteiger partial charge in [0.05, 0.1) is 12.6 Å². The Morgan fingerprint density at radius 1 is 1.67 bits per heavy atom. The van der Waals surface area contributed by atoms with E-state index in [1.165, 1.54) is 0 Å². The molecule has 1 N–H and O–H groups in total. The smallest absolute Gasteiger partial charge is 0.232 e. The molecule has 0 aliphatic carbocycles. The van der Waals surface area contributed by atoms with Crippen molar-refractivity contribution in [2.45, 2.75) is 26.3 Å². The van der Waals surface area contributed by atoms with E-state index in [4.69, 9.17) is 5.11 Å². The second-order valence-electron chi connectivity index (χ2n) is 3.24. The fraction of sp³-hybridized carbons (Fsp3) is 0.750. The standard InChI is InChI=1S/C8H13NO3/c1-5-3-7(11)9(8(5)12)6(2)4-10/h5-6,10H,3-4H2,1-2H3/t5?,6-/m1/s1. The Balaban J connectivity index is 2.76. The van der Waals surface area contributed by atoms with E-state index in [1.54, 1.807) is 13.8 Å². The van der Waals surface area contributed by atoms with E-state index in [1.807, 2.05) is 0 Å². The van der Waals surface area contributed by atoms with Crippen LogP contribution in [0.1, 0.15) is 20.3 Å². The third kappa shape index (κ3) is 1.34. The minimum absolute atomic E-state index is 0.163. The molecule has 4 heteroatoms. The molecule has 1 fully saturated rings. The van der Waals surface area contributed by atoms with Gasteiger partial charge in [0.2, 0.25) is 11.8 Å². The number of amides is 2. The van der Waals surface area contributed by atoms with Crippen LogP contribution in [-0.4, -0.2) is 34.5 Å². The quantitative estimate of drug-likeness (QED) is 0.583. The lowest BCUT2D eigenvalue weighted by Gasteiger charge is -2.20. The molecule has 0 aromatic heterocycles. The van der Waals surface area contributed by atoms with E-state index in [9.17, 15) is 9.59 Å². The number of hydrogen-bond donors (Lipinski definition) is 1. The summed E-state index contributed by atoms with van der Waals surface area (Å²) in [6.45, 7) is 3.22. The van der Waals surface area contributed by atoms with Crippen molar-refractivity contribution in [3.63, 3.8) is 0 Å². The molecule has 0 aromatic rings. The number of nitrogens with zero attached hydrogens (tertiary/aromatic N) is 1. The van der Waals surface area contributed by atoms with E-state index < -0.39 is 0 Å². The molecular weight excluding hydrogens is 158 g/mol. The van der Waals surface area contributed by atoms with Gasteiger partial charge in [0.25, 0.3) is 0 Å². The first kappa shape index (κ1) is 9.19.